The summed E-state index contributed by atoms with van der Waals surface area (Å²) in [6, 6.07) is 0. The number of carbonyl (C=O) groups excluding carboxylic acids is 2. The third-order valence-corrected chi connectivity index (χ3v) is 7.18. The minimum absolute atomic E-state index is 0.0351. The molecule has 1 saturated carbocycles. The molecular formula is C19H26O8. The predicted molar refractivity (Wildman–Crippen MR) is 90.5 cm³/mol. The maximum Gasteiger partial charge on any atom is 0.303 e. The van der Waals surface area contributed by atoms with Crippen molar-refractivity contribution in [1.29, 1.82) is 0 Å². The topological polar surface area (TPSA) is 115 Å². The molecule has 0 amide bonds. The summed E-state index contributed by atoms with van der Waals surface area (Å²) in [5, 5.41) is 21.6. The van der Waals surface area contributed by atoms with Crippen LogP contribution in [-0.2, 0) is 28.5 Å². The van der Waals surface area contributed by atoms with Gasteiger partial charge in [-0.15, -0.1) is 0 Å². The van der Waals surface area contributed by atoms with E-state index in [2.05, 4.69) is 0 Å². The van der Waals surface area contributed by atoms with Crippen LogP contribution in [0.3, 0.4) is 0 Å². The van der Waals surface area contributed by atoms with Gasteiger partial charge >= 0.3 is 11.9 Å². The highest BCUT2D eigenvalue weighted by Gasteiger charge is 2.86. The standard InChI is InChI=1S/C19H26O8/c1-9-5-13-18(6-12(9)22,7-24-10(2)20)17(4)15(26-11(3)21)14(23)16(27-13)19(17)8-25-19/h5,12-16,22-23H,6-8H2,1-4H3/t12-,13+,14+,15+,16+,17+,18+,19+/m0/s1. The Morgan fingerprint density at radius 2 is 1.96 bits per heavy atom. The van der Waals surface area contributed by atoms with E-state index in [1.807, 2.05) is 19.9 Å². The lowest BCUT2D eigenvalue weighted by atomic mass is 9.51. The van der Waals surface area contributed by atoms with Crippen LogP contribution in [0.25, 0.3) is 0 Å². The summed E-state index contributed by atoms with van der Waals surface area (Å²) < 4.78 is 23.1. The Morgan fingerprint density at radius 3 is 2.52 bits per heavy atom. The van der Waals surface area contributed by atoms with Gasteiger partial charge in [0.2, 0.25) is 0 Å². The number of rotatable bonds is 3. The molecule has 0 aromatic heterocycles. The quantitative estimate of drug-likeness (QED) is 0.401. The number of esters is 2. The summed E-state index contributed by atoms with van der Waals surface area (Å²) >= 11 is 0. The van der Waals surface area contributed by atoms with Crippen molar-refractivity contribution >= 4 is 11.9 Å². The fraction of sp³-hybridized carbons (Fsp3) is 0.789. The van der Waals surface area contributed by atoms with Crippen LogP contribution in [0.5, 0.6) is 0 Å². The first kappa shape index (κ1) is 18.9. The van der Waals surface area contributed by atoms with Crippen molar-refractivity contribution in [3.63, 3.8) is 0 Å². The van der Waals surface area contributed by atoms with Crippen LogP contribution >= 0.6 is 0 Å². The molecule has 2 heterocycles. The van der Waals surface area contributed by atoms with Crippen molar-refractivity contribution in [2.24, 2.45) is 10.8 Å². The second-order valence-electron chi connectivity index (χ2n) is 8.45. The van der Waals surface area contributed by atoms with Crippen molar-refractivity contribution < 1.29 is 38.7 Å². The summed E-state index contributed by atoms with van der Waals surface area (Å²) in [5.41, 5.74) is -1.91. The molecule has 0 radical (unpaired) electrons. The minimum atomic E-state index is -1.08. The molecule has 8 heteroatoms. The average molecular weight is 382 g/mol. The molecule has 2 bridgehead atoms. The van der Waals surface area contributed by atoms with E-state index in [4.69, 9.17) is 18.9 Å². The lowest BCUT2D eigenvalue weighted by Gasteiger charge is -2.58. The molecule has 2 saturated heterocycles. The van der Waals surface area contributed by atoms with Crippen LogP contribution in [0.2, 0.25) is 0 Å². The van der Waals surface area contributed by atoms with Crippen LogP contribution in [0.15, 0.2) is 11.6 Å². The van der Waals surface area contributed by atoms with Gasteiger partial charge in [-0.3, -0.25) is 9.59 Å². The van der Waals surface area contributed by atoms with Gasteiger partial charge in [-0.2, -0.15) is 0 Å². The number of aliphatic hydroxyl groups excluding tert-OH is 2. The molecule has 2 aliphatic carbocycles. The fourth-order valence-corrected chi connectivity index (χ4v) is 5.60. The molecule has 2 aliphatic heterocycles. The van der Waals surface area contributed by atoms with Gasteiger partial charge in [0.1, 0.15) is 30.5 Å². The minimum Gasteiger partial charge on any atom is -0.465 e. The first-order chi connectivity index (χ1) is 12.6. The highest BCUT2D eigenvalue weighted by atomic mass is 16.7. The molecule has 8 atom stereocenters. The molecule has 8 nitrogen and oxygen atoms in total. The molecule has 4 aliphatic rings. The molecule has 1 spiro atoms. The van der Waals surface area contributed by atoms with Crippen LogP contribution in [0.1, 0.15) is 34.1 Å². The summed E-state index contributed by atoms with van der Waals surface area (Å²) in [7, 11) is 0. The van der Waals surface area contributed by atoms with Crippen LogP contribution in [0.4, 0.5) is 0 Å². The van der Waals surface area contributed by atoms with Gasteiger partial charge in [0.25, 0.3) is 0 Å². The van der Waals surface area contributed by atoms with E-state index < -0.39 is 58.9 Å². The second kappa shape index (κ2) is 5.76. The zero-order valence-corrected chi connectivity index (χ0v) is 15.9. The Kier molecular flexibility index (Phi) is 4.03. The Labute approximate surface area is 157 Å². The van der Waals surface area contributed by atoms with E-state index in [0.29, 0.717) is 6.61 Å². The predicted octanol–water partition coefficient (Wildman–Crippen LogP) is 0.0957. The fourth-order valence-electron chi connectivity index (χ4n) is 5.60. The summed E-state index contributed by atoms with van der Waals surface area (Å²) in [6.45, 7) is 6.61. The lowest BCUT2D eigenvalue weighted by molar-refractivity contribution is -0.239. The maximum atomic E-state index is 11.8. The summed E-state index contributed by atoms with van der Waals surface area (Å²) in [4.78, 5) is 23.4. The van der Waals surface area contributed by atoms with Crippen molar-refractivity contribution in [2.75, 3.05) is 13.2 Å². The Bertz CT molecular complexity index is 712. The van der Waals surface area contributed by atoms with Crippen LogP contribution < -0.4 is 0 Å². The van der Waals surface area contributed by atoms with E-state index in [1.54, 1.807) is 0 Å². The van der Waals surface area contributed by atoms with E-state index >= 15 is 0 Å². The average Bonchev–Trinajstić information content (AvgIpc) is 3.36. The van der Waals surface area contributed by atoms with Crippen LogP contribution in [-0.4, -0.2) is 71.5 Å². The van der Waals surface area contributed by atoms with E-state index in [0.717, 1.165) is 5.57 Å². The molecule has 150 valence electrons. The Hall–Kier alpha value is -1.48. The molecule has 3 fully saturated rings. The molecule has 4 rings (SSSR count). The first-order valence-electron chi connectivity index (χ1n) is 9.23. The third kappa shape index (κ3) is 2.24. The van der Waals surface area contributed by atoms with E-state index in [9.17, 15) is 19.8 Å². The summed E-state index contributed by atoms with van der Waals surface area (Å²) in [5.74, 6) is -0.978. The Balaban J connectivity index is 1.88. The molecule has 0 unspecified atom stereocenters. The Morgan fingerprint density at radius 1 is 1.30 bits per heavy atom. The number of ether oxygens (including phenoxy) is 4. The SMILES string of the molecule is CC(=O)OC[C@]12C[C@H](O)C(C)=C[C@H]1O[C@@H]1[C@H](O)[C@@H](OC(C)=O)[C@@]2(C)[C@@]12CO2. The van der Waals surface area contributed by atoms with Crippen LogP contribution in [0, 0.1) is 10.8 Å². The van der Waals surface area contributed by atoms with E-state index in [-0.39, 0.29) is 13.0 Å². The number of hydrogen-bond donors (Lipinski definition) is 2. The monoisotopic (exact) mass is 382 g/mol. The number of aliphatic hydroxyl groups is 2. The highest BCUT2D eigenvalue weighted by Crippen LogP contribution is 2.72. The van der Waals surface area contributed by atoms with E-state index in [1.165, 1.54) is 13.8 Å². The van der Waals surface area contributed by atoms with Crippen molar-refractivity contribution in [3.05, 3.63) is 11.6 Å². The first-order valence-corrected chi connectivity index (χ1v) is 9.23. The molecule has 27 heavy (non-hydrogen) atoms. The smallest absolute Gasteiger partial charge is 0.303 e. The number of hydrogen-bond acceptors (Lipinski definition) is 8. The lowest BCUT2D eigenvalue weighted by Crippen LogP contribution is -2.67. The maximum absolute atomic E-state index is 11.8. The van der Waals surface area contributed by atoms with Crippen molar-refractivity contribution in [2.45, 2.75) is 70.2 Å². The zero-order chi connectivity index (χ0) is 19.8. The van der Waals surface area contributed by atoms with Gasteiger partial charge in [-0.25, -0.2) is 0 Å². The van der Waals surface area contributed by atoms with Gasteiger partial charge < -0.3 is 29.2 Å². The van der Waals surface area contributed by atoms with Gasteiger partial charge in [0.15, 0.2) is 0 Å². The highest BCUT2D eigenvalue weighted by molar-refractivity contribution is 5.67. The summed E-state index contributed by atoms with van der Waals surface area (Å²) in [6.07, 6.45) is -1.86. The number of carbonyl (C=O) groups is 2. The number of fused-ring (bicyclic) bond motifs is 2. The molecular weight excluding hydrogens is 356 g/mol. The van der Waals surface area contributed by atoms with Gasteiger partial charge in [0.05, 0.1) is 24.2 Å². The number of epoxide rings is 1. The molecule has 0 aromatic rings. The van der Waals surface area contributed by atoms with Gasteiger partial charge in [-0.1, -0.05) is 13.0 Å². The van der Waals surface area contributed by atoms with Crippen molar-refractivity contribution in [1.82, 2.24) is 0 Å². The zero-order valence-electron chi connectivity index (χ0n) is 15.9. The molecule has 0 aromatic carbocycles. The van der Waals surface area contributed by atoms with Gasteiger partial charge in [-0.05, 0) is 18.9 Å². The largest absolute Gasteiger partial charge is 0.465 e. The van der Waals surface area contributed by atoms with Crippen molar-refractivity contribution in [3.8, 4) is 0 Å². The third-order valence-electron chi connectivity index (χ3n) is 7.18. The normalized spacial score (nSPS) is 50.0. The van der Waals surface area contributed by atoms with Gasteiger partial charge in [0, 0.05) is 19.3 Å². The second-order valence-corrected chi connectivity index (χ2v) is 8.45. The molecule has 2 N–H and O–H groups in total.